The number of likely N-dealkylation sites (N-methyl/N-ethyl adjacent to an activating group) is 1. The van der Waals surface area contributed by atoms with Crippen molar-refractivity contribution in [1.82, 2.24) is 24.9 Å². The van der Waals surface area contributed by atoms with Crippen LogP contribution in [0.1, 0.15) is 67.2 Å². The third-order valence-electron chi connectivity index (χ3n) is 8.90. The topological polar surface area (TPSA) is 69.8 Å². The number of rotatable bonds is 15. The summed E-state index contributed by atoms with van der Waals surface area (Å²) in [6.07, 6.45) is 5.72. The van der Waals surface area contributed by atoms with E-state index in [1.807, 2.05) is 13.8 Å². The molecule has 3 saturated heterocycles. The minimum Gasteiger partial charge on any atom is -0.378 e. The SMILES string of the molecule is CC(C)C1CCN(C2CCN(C(C)C)CC2)CC1.CC(C)OCC(=O)NCCOCCOCCN1CCN(C)CC1. The van der Waals surface area contributed by atoms with E-state index >= 15 is 0 Å². The average molecular weight is 584 g/mol. The molecule has 0 aromatic carbocycles. The summed E-state index contributed by atoms with van der Waals surface area (Å²) in [6, 6.07) is 1.62. The quantitative estimate of drug-likeness (QED) is 0.295. The van der Waals surface area contributed by atoms with Gasteiger partial charge in [0.1, 0.15) is 6.61 Å². The van der Waals surface area contributed by atoms with E-state index in [2.05, 4.69) is 59.7 Å². The largest absolute Gasteiger partial charge is 0.378 e. The molecule has 9 heteroatoms. The third kappa shape index (κ3) is 16.0. The first-order chi connectivity index (χ1) is 19.7. The van der Waals surface area contributed by atoms with Crippen molar-refractivity contribution >= 4 is 5.91 Å². The molecule has 3 heterocycles. The summed E-state index contributed by atoms with van der Waals surface area (Å²) in [4.78, 5) is 21.6. The molecule has 0 aliphatic carbocycles. The van der Waals surface area contributed by atoms with Crippen molar-refractivity contribution in [3.63, 3.8) is 0 Å². The molecule has 0 unspecified atom stereocenters. The Labute approximate surface area is 252 Å². The molecule has 41 heavy (non-hydrogen) atoms. The van der Waals surface area contributed by atoms with E-state index < -0.39 is 0 Å². The number of nitrogens with one attached hydrogen (secondary N) is 1. The fourth-order valence-corrected chi connectivity index (χ4v) is 5.86. The third-order valence-corrected chi connectivity index (χ3v) is 8.90. The number of hydrogen-bond donors (Lipinski definition) is 1. The van der Waals surface area contributed by atoms with Gasteiger partial charge in [-0.3, -0.25) is 9.69 Å². The summed E-state index contributed by atoms with van der Waals surface area (Å²) in [5, 5.41) is 2.75. The molecule has 0 spiro atoms. The van der Waals surface area contributed by atoms with Crippen LogP contribution in [0.25, 0.3) is 0 Å². The Bertz CT molecular complexity index is 630. The van der Waals surface area contributed by atoms with Crippen molar-refractivity contribution in [3.05, 3.63) is 0 Å². The summed E-state index contributed by atoms with van der Waals surface area (Å²) in [7, 11) is 2.16. The number of piperidine rings is 2. The number of nitrogens with zero attached hydrogens (tertiary/aromatic N) is 4. The lowest BCUT2D eigenvalue weighted by molar-refractivity contribution is -0.127. The molecule has 242 valence electrons. The van der Waals surface area contributed by atoms with Gasteiger partial charge in [0.25, 0.3) is 0 Å². The summed E-state index contributed by atoms with van der Waals surface area (Å²) < 4.78 is 16.2. The summed E-state index contributed by atoms with van der Waals surface area (Å²) >= 11 is 0. The van der Waals surface area contributed by atoms with Gasteiger partial charge in [-0.15, -0.1) is 0 Å². The van der Waals surface area contributed by atoms with Crippen molar-refractivity contribution in [2.24, 2.45) is 11.8 Å². The van der Waals surface area contributed by atoms with Gasteiger partial charge in [-0.2, -0.15) is 0 Å². The van der Waals surface area contributed by atoms with Crippen molar-refractivity contribution in [2.75, 3.05) is 106 Å². The van der Waals surface area contributed by atoms with Crippen molar-refractivity contribution in [1.29, 1.82) is 0 Å². The molecule has 9 nitrogen and oxygen atoms in total. The van der Waals surface area contributed by atoms with Crippen LogP contribution >= 0.6 is 0 Å². The van der Waals surface area contributed by atoms with Gasteiger partial charge in [0.2, 0.25) is 5.91 Å². The predicted molar refractivity (Wildman–Crippen MR) is 169 cm³/mol. The zero-order valence-electron chi connectivity index (χ0n) is 27.7. The van der Waals surface area contributed by atoms with Crippen LogP contribution in [-0.4, -0.2) is 149 Å². The highest BCUT2D eigenvalue weighted by Crippen LogP contribution is 2.28. The molecule has 0 atom stereocenters. The van der Waals surface area contributed by atoms with Gasteiger partial charge in [-0.25, -0.2) is 0 Å². The van der Waals surface area contributed by atoms with Gasteiger partial charge < -0.3 is 34.2 Å². The number of carbonyl (C=O) groups is 1. The molecule has 0 saturated carbocycles. The molecule has 1 N–H and O–H groups in total. The minimum atomic E-state index is -0.106. The highest BCUT2D eigenvalue weighted by atomic mass is 16.5. The molecule has 0 bridgehead atoms. The van der Waals surface area contributed by atoms with E-state index in [-0.39, 0.29) is 18.6 Å². The van der Waals surface area contributed by atoms with E-state index in [1.165, 1.54) is 51.9 Å². The maximum absolute atomic E-state index is 11.4. The monoisotopic (exact) mass is 584 g/mol. The fraction of sp³-hybridized carbons (Fsp3) is 0.969. The molecule has 3 fully saturated rings. The van der Waals surface area contributed by atoms with Crippen LogP contribution in [0.15, 0.2) is 0 Å². The zero-order valence-corrected chi connectivity index (χ0v) is 27.7. The molecule has 3 aliphatic rings. The second kappa shape index (κ2) is 21.0. The van der Waals surface area contributed by atoms with Crippen LogP contribution < -0.4 is 5.32 Å². The van der Waals surface area contributed by atoms with E-state index in [1.54, 1.807) is 0 Å². The molecule has 0 aromatic heterocycles. The molecule has 0 radical (unpaired) electrons. The first-order valence-electron chi connectivity index (χ1n) is 16.6. The van der Waals surface area contributed by atoms with Gasteiger partial charge in [0.15, 0.2) is 0 Å². The molecule has 3 aliphatic heterocycles. The first-order valence-corrected chi connectivity index (χ1v) is 16.6. The van der Waals surface area contributed by atoms with Crippen LogP contribution in [-0.2, 0) is 19.0 Å². The van der Waals surface area contributed by atoms with Gasteiger partial charge in [0, 0.05) is 51.4 Å². The second-order valence-electron chi connectivity index (χ2n) is 13.1. The Morgan fingerprint density at radius 1 is 0.780 bits per heavy atom. The Hall–Kier alpha value is -0.810. The molecular weight excluding hydrogens is 518 g/mol. The zero-order chi connectivity index (χ0) is 30.0. The fourth-order valence-electron chi connectivity index (χ4n) is 5.86. The minimum absolute atomic E-state index is 0.0694. The van der Waals surface area contributed by atoms with Crippen LogP contribution in [0.5, 0.6) is 0 Å². The number of carbonyl (C=O) groups excluding carboxylic acids is 1. The van der Waals surface area contributed by atoms with E-state index in [9.17, 15) is 4.79 Å². The number of ether oxygens (including phenoxy) is 3. The van der Waals surface area contributed by atoms with Gasteiger partial charge >= 0.3 is 0 Å². The molecule has 0 aromatic rings. The maximum atomic E-state index is 11.4. The number of likely N-dealkylation sites (tertiary alicyclic amines) is 2. The Morgan fingerprint density at radius 3 is 1.95 bits per heavy atom. The number of piperazine rings is 1. The first kappa shape index (κ1) is 36.4. The van der Waals surface area contributed by atoms with Gasteiger partial charge in [-0.05, 0) is 98.4 Å². The maximum Gasteiger partial charge on any atom is 0.246 e. The molecular formula is C32H65N5O4. The normalized spacial score (nSPS) is 21.0. The van der Waals surface area contributed by atoms with Crippen molar-refractivity contribution in [2.45, 2.75) is 85.4 Å². The Morgan fingerprint density at radius 2 is 1.39 bits per heavy atom. The molecule has 3 rings (SSSR count). The average Bonchev–Trinajstić information content (AvgIpc) is 2.96. The highest BCUT2D eigenvalue weighted by molar-refractivity contribution is 5.77. The van der Waals surface area contributed by atoms with Crippen LogP contribution in [0.2, 0.25) is 0 Å². The van der Waals surface area contributed by atoms with Crippen LogP contribution in [0.3, 0.4) is 0 Å². The number of hydrogen-bond acceptors (Lipinski definition) is 8. The standard InChI is InChI=1S/C16H33N3O4.C16H32N2/c1-15(2)23-14-16(20)17-4-10-21-12-13-22-11-9-19-7-5-18(3)6-8-19;1-13(2)15-5-9-18(10-6-15)16-7-11-17(12-8-16)14(3)4/h15H,4-14H2,1-3H3,(H,17,20);13-16H,5-12H2,1-4H3. The van der Waals surface area contributed by atoms with E-state index in [4.69, 9.17) is 14.2 Å². The van der Waals surface area contributed by atoms with Gasteiger partial charge in [0.05, 0.1) is 32.5 Å². The predicted octanol–water partition coefficient (Wildman–Crippen LogP) is 3.04. The highest BCUT2D eigenvalue weighted by Gasteiger charge is 2.29. The summed E-state index contributed by atoms with van der Waals surface area (Å²) in [5.41, 5.74) is 0. The molecule has 1 amide bonds. The lowest BCUT2D eigenvalue weighted by Crippen LogP contribution is -2.49. The van der Waals surface area contributed by atoms with Crippen LogP contribution in [0.4, 0.5) is 0 Å². The summed E-state index contributed by atoms with van der Waals surface area (Å²) in [6.45, 7) is 27.1. The number of amides is 1. The Balaban J connectivity index is 0.000000295. The lowest BCUT2D eigenvalue weighted by atomic mass is 9.85. The van der Waals surface area contributed by atoms with Crippen molar-refractivity contribution < 1.29 is 19.0 Å². The van der Waals surface area contributed by atoms with Gasteiger partial charge in [-0.1, -0.05) is 13.8 Å². The van der Waals surface area contributed by atoms with E-state index in [0.717, 1.165) is 63.3 Å². The lowest BCUT2D eigenvalue weighted by Gasteiger charge is -2.43. The smallest absolute Gasteiger partial charge is 0.246 e. The van der Waals surface area contributed by atoms with E-state index in [0.29, 0.717) is 26.4 Å². The summed E-state index contributed by atoms with van der Waals surface area (Å²) in [5.74, 6) is 1.76. The second-order valence-corrected chi connectivity index (χ2v) is 13.1. The Kier molecular flexibility index (Phi) is 18.6. The van der Waals surface area contributed by atoms with Crippen molar-refractivity contribution in [3.8, 4) is 0 Å². The van der Waals surface area contributed by atoms with Crippen LogP contribution in [0, 0.1) is 11.8 Å².